The molecule has 0 aliphatic rings. The molecule has 5 nitrogen and oxygen atoms in total. The zero-order valence-corrected chi connectivity index (χ0v) is 16.1. The number of benzene rings is 2. The molecule has 2 aromatic heterocycles. The van der Waals surface area contributed by atoms with Crippen LogP contribution in [0.25, 0.3) is 5.65 Å². The molecule has 0 saturated carbocycles. The maximum absolute atomic E-state index is 14.0. The van der Waals surface area contributed by atoms with Crippen LogP contribution in [0.15, 0.2) is 67.0 Å². The number of pyridine rings is 1. The lowest BCUT2D eigenvalue weighted by atomic mass is 10.1. The van der Waals surface area contributed by atoms with Crippen molar-refractivity contribution in [3.05, 3.63) is 95.2 Å². The highest BCUT2D eigenvalue weighted by molar-refractivity contribution is 6.04. The smallest absolute Gasteiger partial charge is 0.255 e. The minimum absolute atomic E-state index is 0.145. The third-order valence-corrected chi connectivity index (χ3v) is 4.50. The van der Waals surface area contributed by atoms with Gasteiger partial charge in [0.1, 0.15) is 23.8 Å². The number of rotatable bonds is 5. The summed E-state index contributed by atoms with van der Waals surface area (Å²) in [6.07, 6.45) is 3.92. The van der Waals surface area contributed by atoms with E-state index < -0.39 is 11.7 Å². The van der Waals surface area contributed by atoms with Crippen LogP contribution >= 0.6 is 0 Å². The van der Waals surface area contributed by atoms with Gasteiger partial charge < -0.3 is 14.5 Å². The second kappa shape index (κ2) is 7.75. The van der Waals surface area contributed by atoms with Crippen molar-refractivity contribution >= 4 is 17.2 Å². The summed E-state index contributed by atoms with van der Waals surface area (Å²) >= 11 is 0. The zero-order chi connectivity index (χ0) is 20.4. The molecule has 0 radical (unpaired) electrons. The van der Waals surface area contributed by atoms with Crippen molar-refractivity contribution in [3.63, 3.8) is 0 Å². The van der Waals surface area contributed by atoms with Gasteiger partial charge in [-0.1, -0.05) is 18.2 Å². The number of nitrogens with zero attached hydrogens (tertiary/aromatic N) is 2. The fraction of sp³-hybridized carbons (Fsp3) is 0.130. The summed E-state index contributed by atoms with van der Waals surface area (Å²) in [5, 5.41) is 2.59. The maximum Gasteiger partial charge on any atom is 0.255 e. The van der Waals surface area contributed by atoms with Crippen molar-refractivity contribution in [1.29, 1.82) is 0 Å². The predicted octanol–water partition coefficient (Wildman–Crippen LogP) is 4.92. The molecule has 2 heterocycles. The summed E-state index contributed by atoms with van der Waals surface area (Å²) in [6.45, 7) is 4.09. The molecule has 1 N–H and O–H groups in total. The number of ether oxygens (including phenoxy) is 1. The summed E-state index contributed by atoms with van der Waals surface area (Å²) in [6, 6.07) is 15.4. The Kier molecular flexibility index (Phi) is 4.99. The van der Waals surface area contributed by atoms with E-state index in [-0.39, 0.29) is 12.3 Å². The van der Waals surface area contributed by atoms with E-state index in [2.05, 4.69) is 10.3 Å². The number of carbonyl (C=O) groups excluding carboxylic acids is 1. The second-order valence-corrected chi connectivity index (χ2v) is 6.96. The van der Waals surface area contributed by atoms with Crippen molar-refractivity contribution in [1.82, 2.24) is 9.38 Å². The molecule has 0 bridgehead atoms. The first kappa shape index (κ1) is 18.7. The number of halogens is 1. The molecule has 0 unspecified atom stereocenters. The van der Waals surface area contributed by atoms with Crippen LogP contribution in [0.3, 0.4) is 0 Å². The number of amides is 1. The van der Waals surface area contributed by atoms with Crippen LogP contribution in [0.5, 0.6) is 5.75 Å². The van der Waals surface area contributed by atoms with Gasteiger partial charge in [-0.15, -0.1) is 0 Å². The zero-order valence-electron chi connectivity index (χ0n) is 16.1. The fourth-order valence-corrected chi connectivity index (χ4v) is 3.03. The SMILES string of the molecule is Cc1ccc(NC(=O)c2cccc(OCc3cn4cc(C)ccc4n3)c2)c(F)c1. The Labute approximate surface area is 167 Å². The van der Waals surface area contributed by atoms with Gasteiger partial charge in [0.05, 0.1) is 11.4 Å². The van der Waals surface area contributed by atoms with Gasteiger partial charge in [0.2, 0.25) is 0 Å². The Balaban J connectivity index is 1.45. The van der Waals surface area contributed by atoms with Gasteiger partial charge in [-0.05, 0) is 61.4 Å². The maximum atomic E-state index is 14.0. The number of anilines is 1. The van der Waals surface area contributed by atoms with E-state index in [1.54, 1.807) is 43.3 Å². The van der Waals surface area contributed by atoms with Gasteiger partial charge in [0, 0.05) is 18.0 Å². The van der Waals surface area contributed by atoms with Crippen molar-refractivity contribution in [2.24, 2.45) is 0 Å². The molecular weight excluding hydrogens is 369 g/mol. The molecule has 0 aliphatic carbocycles. The van der Waals surface area contributed by atoms with Crippen molar-refractivity contribution in [2.75, 3.05) is 5.32 Å². The minimum Gasteiger partial charge on any atom is -0.487 e. The number of fused-ring (bicyclic) bond motifs is 1. The number of carbonyl (C=O) groups is 1. The molecule has 0 saturated heterocycles. The highest BCUT2D eigenvalue weighted by Crippen LogP contribution is 2.19. The largest absolute Gasteiger partial charge is 0.487 e. The monoisotopic (exact) mass is 389 g/mol. The molecule has 0 spiro atoms. The van der Waals surface area contributed by atoms with Gasteiger partial charge in [-0.3, -0.25) is 4.79 Å². The van der Waals surface area contributed by atoms with E-state index in [0.29, 0.717) is 11.3 Å². The summed E-state index contributed by atoms with van der Waals surface area (Å²) in [5.74, 6) is -0.329. The van der Waals surface area contributed by atoms with Gasteiger partial charge in [-0.2, -0.15) is 0 Å². The third kappa shape index (κ3) is 4.27. The average molecular weight is 389 g/mol. The topological polar surface area (TPSA) is 55.6 Å². The fourth-order valence-electron chi connectivity index (χ4n) is 3.03. The van der Waals surface area contributed by atoms with Gasteiger partial charge in [0.25, 0.3) is 5.91 Å². The van der Waals surface area contributed by atoms with Crippen LogP contribution in [0, 0.1) is 19.7 Å². The standard InChI is InChI=1S/C23H20FN3O2/c1-15-6-8-21(20(24)10-15)26-23(28)17-4-3-5-19(11-17)29-14-18-13-27-12-16(2)7-9-22(27)25-18/h3-13H,14H2,1-2H3,(H,26,28). The summed E-state index contributed by atoms with van der Waals surface area (Å²) < 4.78 is 21.7. The Hall–Kier alpha value is -3.67. The lowest BCUT2D eigenvalue weighted by Gasteiger charge is -2.09. The average Bonchev–Trinajstić information content (AvgIpc) is 3.10. The van der Waals surface area contributed by atoms with E-state index >= 15 is 0 Å². The van der Waals surface area contributed by atoms with Crippen molar-refractivity contribution < 1.29 is 13.9 Å². The first-order valence-electron chi connectivity index (χ1n) is 9.22. The quantitative estimate of drug-likeness (QED) is 0.527. The van der Waals surface area contributed by atoms with Gasteiger partial charge in [0.15, 0.2) is 0 Å². The predicted molar refractivity (Wildman–Crippen MR) is 110 cm³/mol. The van der Waals surface area contributed by atoms with Crippen LogP contribution in [-0.2, 0) is 6.61 Å². The lowest BCUT2D eigenvalue weighted by molar-refractivity contribution is 0.102. The first-order chi connectivity index (χ1) is 14.0. The molecule has 0 fully saturated rings. The Morgan fingerprint density at radius 2 is 1.90 bits per heavy atom. The number of aryl methyl sites for hydroxylation is 2. The van der Waals surface area contributed by atoms with E-state index in [0.717, 1.165) is 22.5 Å². The minimum atomic E-state index is -0.465. The number of hydrogen-bond donors (Lipinski definition) is 1. The second-order valence-electron chi connectivity index (χ2n) is 6.96. The van der Waals surface area contributed by atoms with E-state index in [1.807, 2.05) is 35.9 Å². The summed E-state index contributed by atoms with van der Waals surface area (Å²) in [4.78, 5) is 17.0. The van der Waals surface area contributed by atoms with Crippen LogP contribution in [0.1, 0.15) is 27.2 Å². The first-order valence-corrected chi connectivity index (χ1v) is 9.22. The molecule has 29 heavy (non-hydrogen) atoms. The van der Waals surface area contributed by atoms with Crippen molar-refractivity contribution in [3.8, 4) is 5.75 Å². The van der Waals surface area contributed by atoms with E-state index in [1.165, 1.54) is 6.07 Å². The molecular formula is C23H20FN3O2. The van der Waals surface area contributed by atoms with Crippen LogP contribution in [0.2, 0.25) is 0 Å². The van der Waals surface area contributed by atoms with Gasteiger partial charge in [-0.25, -0.2) is 9.37 Å². The summed E-state index contributed by atoms with van der Waals surface area (Å²) in [5.41, 5.74) is 4.10. The van der Waals surface area contributed by atoms with Gasteiger partial charge >= 0.3 is 0 Å². The van der Waals surface area contributed by atoms with Crippen molar-refractivity contribution in [2.45, 2.75) is 20.5 Å². The molecule has 1 amide bonds. The van der Waals surface area contributed by atoms with Crippen LogP contribution in [-0.4, -0.2) is 15.3 Å². The summed E-state index contributed by atoms with van der Waals surface area (Å²) in [7, 11) is 0. The number of imidazole rings is 1. The Bertz CT molecular complexity index is 1200. The number of hydrogen-bond acceptors (Lipinski definition) is 3. The van der Waals surface area contributed by atoms with Crippen LogP contribution in [0.4, 0.5) is 10.1 Å². The molecule has 4 rings (SSSR count). The highest BCUT2D eigenvalue weighted by atomic mass is 19.1. The number of nitrogens with one attached hydrogen (secondary N) is 1. The molecule has 0 atom stereocenters. The number of aromatic nitrogens is 2. The Morgan fingerprint density at radius 1 is 1.07 bits per heavy atom. The third-order valence-electron chi connectivity index (χ3n) is 4.50. The Morgan fingerprint density at radius 3 is 2.72 bits per heavy atom. The molecule has 0 aliphatic heterocycles. The van der Waals surface area contributed by atoms with E-state index in [9.17, 15) is 9.18 Å². The normalized spacial score (nSPS) is 10.9. The molecule has 4 aromatic rings. The highest BCUT2D eigenvalue weighted by Gasteiger charge is 2.11. The molecule has 2 aromatic carbocycles. The molecule has 6 heteroatoms. The van der Waals surface area contributed by atoms with E-state index in [4.69, 9.17) is 4.74 Å². The molecule has 146 valence electrons. The lowest BCUT2D eigenvalue weighted by Crippen LogP contribution is -2.13. The van der Waals surface area contributed by atoms with Crippen LogP contribution < -0.4 is 10.1 Å².